The standard InChI is InChI=1S/C35H29ClFN3O6/c1-46-29-16-18(3-15-28(29)41)2-14-26-23-12-13-24-30(32(43)38-31(24)42)25(23)17-27-33(44)40(39-22-10-8-21(37)9-11-22)34(45)35(26,27)19-4-6-20(36)7-5-19/h2-12,14-16,24-27,30,39,41H,13,17H2,1H3,(H,38,42,43)/t24-,25+,26-,27-,30-,35-/m0/s1. The lowest BCUT2D eigenvalue weighted by Crippen LogP contribution is -2.54. The van der Waals surface area contributed by atoms with Gasteiger partial charge in [-0.3, -0.25) is 29.9 Å². The average molecular weight is 642 g/mol. The van der Waals surface area contributed by atoms with Gasteiger partial charge in [0.05, 0.1) is 36.0 Å². The number of phenolic OH excluding ortho intramolecular Hbond substituents is 1. The first-order valence-corrected chi connectivity index (χ1v) is 15.3. The van der Waals surface area contributed by atoms with Gasteiger partial charge in [-0.15, -0.1) is 0 Å². The zero-order chi connectivity index (χ0) is 32.3. The van der Waals surface area contributed by atoms with Crippen LogP contribution in [0, 0.1) is 35.4 Å². The lowest BCUT2D eigenvalue weighted by molar-refractivity contribution is -0.139. The SMILES string of the molecule is COc1cc(C=C[C@H]2C3=CC[C@@H]4C(=O)NC(=O)[C@@H]4[C@@H]3C[C@H]3C(=O)N(Nc4ccc(F)cc4)C(=O)[C@@]23c2ccc(Cl)cc2)ccc1O. The third-order valence-corrected chi connectivity index (χ3v) is 10.1. The van der Waals surface area contributed by atoms with Crippen LogP contribution in [-0.2, 0) is 24.6 Å². The zero-order valence-corrected chi connectivity index (χ0v) is 25.3. The van der Waals surface area contributed by atoms with Crippen LogP contribution < -0.4 is 15.5 Å². The number of aromatic hydroxyl groups is 1. The molecule has 234 valence electrons. The second-order valence-corrected chi connectivity index (χ2v) is 12.5. The number of hydrogen-bond acceptors (Lipinski definition) is 7. The molecule has 2 aliphatic heterocycles. The van der Waals surface area contributed by atoms with E-state index in [4.69, 9.17) is 16.3 Å². The number of hydrogen-bond donors (Lipinski definition) is 3. The number of allylic oxidation sites excluding steroid dienone is 3. The predicted molar refractivity (Wildman–Crippen MR) is 167 cm³/mol. The summed E-state index contributed by atoms with van der Waals surface area (Å²) in [4.78, 5) is 55.2. The molecule has 7 rings (SSSR count). The third-order valence-electron chi connectivity index (χ3n) is 9.84. The number of fused-ring (bicyclic) bond motifs is 4. The van der Waals surface area contributed by atoms with E-state index in [1.165, 1.54) is 37.4 Å². The minimum atomic E-state index is -1.46. The molecule has 2 heterocycles. The van der Waals surface area contributed by atoms with Crippen LogP contribution in [0.15, 0.2) is 84.5 Å². The van der Waals surface area contributed by atoms with Gasteiger partial charge >= 0.3 is 0 Å². The van der Waals surface area contributed by atoms with Crippen molar-refractivity contribution in [3.63, 3.8) is 0 Å². The highest BCUT2D eigenvalue weighted by Gasteiger charge is 2.69. The summed E-state index contributed by atoms with van der Waals surface area (Å²) >= 11 is 6.29. The van der Waals surface area contributed by atoms with E-state index in [2.05, 4.69) is 10.7 Å². The second kappa shape index (κ2) is 11.1. The lowest BCUT2D eigenvalue weighted by atomic mass is 9.50. The highest BCUT2D eigenvalue weighted by atomic mass is 35.5. The van der Waals surface area contributed by atoms with E-state index in [-0.39, 0.29) is 29.7 Å². The summed E-state index contributed by atoms with van der Waals surface area (Å²) in [6.07, 6.45) is 6.06. The number of rotatable bonds is 6. The van der Waals surface area contributed by atoms with Crippen LogP contribution in [-0.4, -0.2) is 40.9 Å². The quantitative estimate of drug-likeness (QED) is 0.255. The highest BCUT2D eigenvalue weighted by molar-refractivity contribution is 6.30. The number of nitrogens with one attached hydrogen (secondary N) is 2. The summed E-state index contributed by atoms with van der Waals surface area (Å²) in [5, 5.41) is 14.1. The largest absolute Gasteiger partial charge is 0.504 e. The van der Waals surface area contributed by atoms with Crippen LogP contribution in [0.4, 0.5) is 10.1 Å². The molecule has 0 unspecified atom stereocenters. The Morgan fingerprint density at radius 2 is 1.76 bits per heavy atom. The number of nitrogens with zero attached hydrogens (tertiary/aromatic N) is 1. The molecule has 3 aromatic rings. The Bertz CT molecular complexity index is 1840. The monoisotopic (exact) mass is 641 g/mol. The van der Waals surface area contributed by atoms with Crippen LogP contribution in [0.3, 0.4) is 0 Å². The van der Waals surface area contributed by atoms with E-state index in [0.717, 1.165) is 10.6 Å². The number of ether oxygens (including phenoxy) is 1. The van der Waals surface area contributed by atoms with Gasteiger partial charge < -0.3 is 9.84 Å². The fourth-order valence-corrected chi connectivity index (χ4v) is 7.94. The van der Waals surface area contributed by atoms with Gasteiger partial charge in [-0.1, -0.05) is 53.6 Å². The Kier molecular flexibility index (Phi) is 7.20. The van der Waals surface area contributed by atoms with E-state index < -0.39 is 52.6 Å². The first-order chi connectivity index (χ1) is 22.1. The second-order valence-electron chi connectivity index (χ2n) is 12.1. The van der Waals surface area contributed by atoms with Crippen molar-refractivity contribution in [3.05, 3.63) is 106 Å². The predicted octanol–water partition coefficient (Wildman–Crippen LogP) is 5.01. The number of hydrazine groups is 1. The first-order valence-electron chi connectivity index (χ1n) is 14.9. The van der Waals surface area contributed by atoms with Gasteiger partial charge in [-0.2, -0.15) is 5.01 Å². The maximum atomic E-state index is 14.9. The molecular formula is C35H29ClFN3O6. The molecule has 3 fully saturated rings. The summed E-state index contributed by atoms with van der Waals surface area (Å²) in [6.45, 7) is 0. The maximum absolute atomic E-state index is 14.9. The van der Waals surface area contributed by atoms with Gasteiger partial charge in [0.15, 0.2) is 11.5 Å². The first kappa shape index (κ1) is 29.7. The molecule has 46 heavy (non-hydrogen) atoms. The van der Waals surface area contributed by atoms with Gasteiger partial charge in [0.2, 0.25) is 11.8 Å². The minimum absolute atomic E-state index is 0.0351. The molecule has 6 atom stereocenters. The lowest BCUT2D eigenvalue weighted by Gasteiger charge is -2.49. The molecule has 0 radical (unpaired) electrons. The van der Waals surface area contributed by atoms with E-state index >= 15 is 0 Å². The van der Waals surface area contributed by atoms with Crippen LogP contribution >= 0.6 is 11.6 Å². The van der Waals surface area contributed by atoms with Crippen molar-refractivity contribution >= 4 is 47.0 Å². The van der Waals surface area contributed by atoms with Crippen molar-refractivity contribution in [3.8, 4) is 11.5 Å². The molecule has 4 amide bonds. The van der Waals surface area contributed by atoms with Crippen LogP contribution in [0.5, 0.6) is 11.5 Å². The number of methoxy groups -OCH3 is 1. The number of anilines is 1. The van der Waals surface area contributed by atoms with E-state index in [1.807, 2.05) is 12.2 Å². The van der Waals surface area contributed by atoms with Gasteiger partial charge in [0.1, 0.15) is 5.82 Å². The molecule has 2 saturated heterocycles. The van der Waals surface area contributed by atoms with Crippen molar-refractivity contribution in [1.82, 2.24) is 10.3 Å². The normalized spacial score (nSPS) is 28.5. The Morgan fingerprint density at radius 1 is 1.02 bits per heavy atom. The number of halogens is 2. The third kappa shape index (κ3) is 4.50. The summed E-state index contributed by atoms with van der Waals surface area (Å²) in [5.74, 6) is -5.35. The summed E-state index contributed by atoms with van der Waals surface area (Å²) in [5.41, 5.74) is 3.82. The number of imide groups is 2. The van der Waals surface area contributed by atoms with Gasteiger partial charge in [0, 0.05) is 10.9 Å². The number of carbonyl (C=O) groups is 4. The van der Waals surface area contributed by atoms with Crippen LogP contribution in [0.2, 0.25) is 5.02 Å². The minimum Gasteiger partial charge on any atom is -0.504 e. The molecular weight excluding hydrogens is 613 g/mol. The van der Waals surface area contributed by atoms with Gasteiger partial charge in [-0.05, 0) is 78.4 Å². The van der Waals surface area contributed by atoms with Crippen molar-refractivity contribution in [2.75, 3.05) is 12.5 Å². The molecule has 2 aliphatic carbocycles. The Labute approximate surface area is 268 Å². The number of amides is 4. The van der Waals surface area contributed by atoms with Crippen molar-refractivity contribution in [1.29, 1.82) is 0 Å². The molecule has 0 aromatic heterocycles. The number of carbonyl (C=O) groups excluding carboxylic acids is 4. The maximum Gasteiger partial charge on any atom is 0.260 e. The molecule has 4 aliphatic rings. The molecule has 3 aromatic carbocycles. The Morgan fingerprint density at radius 3 is 2.48 bits per heavy atom. The molecule has 9 nitrogen and oxygen atoms in total. The number of benzene rings is 3. The smallest absolute Gasteiger partial charge is 0.260 e. The Balaban J connectivity index is 1.42. The summed E-state index contributed by atoms with van der Waals surface area (Å²) in [7, 11) is 1.44. The molecule has 0 bridgehead atoms. The Hall–Kier alpha value is -4.96. The van der Waals surface area contributed by atoms with Crippen molar-refractivity contribution in [2.45, 2.75) is 18.3 Å². The van der Waals surface area contributed by atoms with Crippen LogP contribution in [0.25, 0.3) is 6.08 Å². The average Bonchev–Trinajstić information content (AvgIpc) is 3.46. The van der Waals surface area contributed by atoms with E-state index in [9.17, 15) is 28.7 Å². The van der Waals surface area contributed by atoms with Gasteiger partial charge in [-0.25, -0.2) is 4.39 Å². The van der Waals surface area contributed by atoms with Crippen molar-refractivity contribution < 1.29 is 33.4 Å². The molecule has 11 heteroatoms. The van der Waals surface area contributed by atoms with E-state index in [1.54, 1.807) is 42.5 Å². The van der Waals surface area contributed by atoms with E-state index in [0.29, 0.717) is 28.3 Å². The van der Waals surface area contributed by atoms with Crippen LogP contribution in [0.1, 0.15) is 24.0 Å². The van der Waals surface area contributed by atoms with Crippen molar-refractivity contribution in [2.24, 2.45) is 29.6 Å². The fourth-order valence-electron chi connectivity index (χ4n) is 7.82. The topological polar surface area (TPSA) is 125 Å². The number of phenols is 1. The fraction of sp³-hybridized carbons (Fsp3) is 0.257. The molecule has 3 N–H and O–H groups in total. The summed E-state index contributed by atoms with van der Waals surface area (Å²) in [6, 6.07) is 17.0. The summed E-state index contributed by atoms with van der Waals surface area (Å²) < 4.78 is 19.0. The molecule has 1 saturated carbocycles. The highest BCUT2D eigenvalue weighted by Crippen LogP contribution is 2.61. The zero-order valence-electron chi connectivity index (χ0n) is 24.6. The van der Waals surface area contributed by atoms with Gasteiger partial charge in [0.25, 0.3) is 11.8 Å². The molecule has 0 spiro atoms.